The lowest BCUT2D eigenvalue weighted by atomic mass is 9.66. The SMILES string of the molecule is BC(C)(C)C1C[C@@H](O)[C@@H](O)CO1. The Morgan fingerprint density at radius 2 is 1.92 bits per heavy atom. The number of hydrogen-bond acceptors (Lipinski definition) is 3. The Hall–Kier alpha value is -0.0551. The zero-order chi connectivity index (χ0) is 9.35. The van der Waals surface area contributed by atoms with Crippen LogP contribution < -0.4 is 0 Å². The van der Waals surface area contributed by atoms with Gasteiger partial charge in [0.1, 0.15) is 14.0 Å². The maximum absolute atomic E-state index is 9.38. The van der Waals surface area contributed by atoms with Crippen molar-refractivity contribution in [2.45, 2.75) is 43.9 Å². The van der Waals surface area contributed by atoms with Gasteiger partial charge in [-0.3, -0.25) is 0 Å². The lowest BCUT2D eigenvalue weighted by Gasteiger charge is -2.38. The van der Waals surface area contributed by atoms with Crippen molar-refractivity contribution in [2.24, 2.45) is 0 Å². The van der Waals surface area contributed by atoms with Gasteiger partial charge in [0.25, 0.3) is 0 Å². The van der Waals surface area contributed by atoms with Crippen LogP contribution in [-0.2, 0) is 4.74 Å². The fourth-order valence-electron chi connectivity index (χ4n) is 1.37. The smallest absolute Gasteiger partial charge is 0.112 e. The molecule has 2 N–H and O–H groups in total. The van der Waals surface area contributed by atoms with Crippen molar-refractivity contribution < 1.29 is 14.9 Å². The molecule has 12 heavy (non-hydrogen) atoms. The van der Waals surface area contributed by atoms with Crippen LogP contribution >= 0.6 is 0 Å². The van der Waals surface area contributed by atoms with Gasteiger partial charge in [0.15, 0.2) is 0 Å². The molecule has 70 valence electrons. The Morgan fingerprint density at radius 3 is 2.33 bits per heavy atom. The molecule has 0 saturated carbocycles. The van der Waals surface area contributed by atoms with Gasteiger partial charge in [-0.15, -0.1) is 0 Å². The number of rotatable bonds is 1. The van der Waals surface area contributed by atoms with E-state index in [-0.39, 0.29) is 18.0 Å². The average Bonchev–Trinajstić information content (AvgIpc) is 1.92. The topological polar surface area (TPSA) is 49.7 Å². The van der Waals surface area contributed by atoms with Crippen molar-refractivity contribution in [3.63, 3.8) is 0 Å². The van der Waals surface area contributed by atoms with Crippen LogP contribution in [0.1, 0.15) is 20.3 Å². The maximum Gasteiger partial charge on any atom is 0.112 e. The molecule has 1 heterocycles. The molecule has 1 rings (SSSR count). The zero-order valence-corrected chi connectivity index (χ0v) is 7.95. The van der Waals surface area contributed by atoms with Crippen LogP contribution in [0.2, 0.25) is 5.31 Å². The predicted octanol–water partition coefficient (Wildman–Crippen LogP) is -0.671. The van der Waals surface area contributed by atoms with Crippen molar-refractivity contribution >= 4 is 7.85 Å². The fourth-order valence-corrected chi connectivity index (χ4v) is 1.37. The summed E-state index contributed by atoms with van der Waals surface area (Å²) in [4.78, 5) is 0. The largest absolute Gasteiger partial charge is 0.390 e. The summed E-state index contributed by atoms with van der Waals surface area (Å²) in [6.45, 7) is 4.40. The molecule has 0 amide bonds. The van der Waals surface area contributed by atoms with E-state index >= 15 is 0 Å². The summed E-state index contributed by atoms with van der Waals surface area (Å²) in [6.07, 6.45) is -0.743. The minimum absolute atomic E-state index is 0.0428. The minimum Gasteiger partial charge on any atom is -0.390 e. The van der Waals surface area contributed by atoms with E-state index in [9.17, 15) is 10.2 Å². The quantitative estimate of drug-likeness (QED) is 0.515. The molecule has 0 aromatic heterocycles. The first-order valence-corrected chi connectivity index (χ1v) is 4.39. The van der Waals surface area contributed by atoms with Crippen LogP contribution in [0.3, 0.4) is 0 Å². The standard InChI is InChI=1S/C8H17BO3/c1-8(2,9)7-3-5(10)6(11)4-12-7/h5-7,10-11H,3-4,9H2,1-2H3/t5-,6+,7?/m1/s1. The van der Waals surface area contributed by atoms with Crippen LogP contribution in [0, 0.1) is 0 Å². The van der Waals surface area contributed by atoms with Crippen LogP contribution in [0.4, 0.5) is 0 Å². The van der Waals surface area contributed by atoms with E-state index in [1.807, 2.05) is 0 Å². The predicted molar refractivity (Wildman–Crippen MR) is 49.0 cm³/mol. The molecule has 0 bridgehead atoms. The molecule has 3 atom stereocenters. The van der Waals surface area contributed by atoms with Gasteiger partial charge in [-0.1, -0.05) is 13.8 Å². The summed E-state index contributed by atoms with van der Waals surface area (Å²) < 4.78 is 5.42. The van der Waals surface area contributed by atoms with E-state index in [2.05, 4.69) is 21.7 Å². The Bertz CT molecular complexity index is 155. The van der Waals surface area contributed by atoms with Gasteiger partial charge in [0.2, 0.25) is 0 Å². The van der Waals surface area contributed by atoms with Gasteiger partial charge in [-0.2, -0.15) is 0 Å². The highest BCUT2D eigenvalue weighted by Crippen LogP contribution is 2.33. The summed E-state index contributed by atoms with van der Waals surface area (Å²) in [5.41, 5.74) is 0. The van der Waals surface area contributed by atoms with Crippen molar-refractivity contribution in [2.75, 3.05) is 6.61 Å². The Morgan fingerprint density at radius 1 is 1.33 bits per heavy atom. The molecule has 0 aliphatic carbocycles. The highest BCUT2D eigenvalue weighted by Gasteiger charge is 2.34. The van der Waals surface area contributed by atoms with Crippen LogP contribution in [0.5, 0.6) is 0 Å². The molecular weight excluding hydrogens is 155 g/mol. The summed E-state index contributed by atoms with van der Waals surface area (Å²) in [6, 6.07) is 0. The number of ether oxygens (including phenoxy) is 1. The monoisotopic (exact) mass is 172 g/mol. The lowest BCUT2D eigenvalue weighted by molar-refractivity contribution is -0.129. The normalized spacial score (nSPS) is 38.2. The third-order valence-corrected chi connectivity index (χ3v) is 2.33. The molecule has 0 aromatic rings. The summed E-state index contributed by atoms with van der Waals surface area (Å²) in [5.74, 6) is 0. The zero-order valence-electron chi connectivity index (χ0n) is 7.95. The van der Waals surface area contributed by atoms with E-state index in [0.29, 0.717) is 6.42 Å². The van der Waals surface area contributed by atoms with E-state index in [1.165, 1.54) is 0 Å². The van der Waals surface area contributed by atoms with Gasteiger partial charge in [-0.25, -0.2) is 0 Å². The lowest BCUT2D eigenvalue weighted by Crippen LogP contribution is -2.44. The molecule has 1 saturated heterocycles. The van der Waals surface area contributed by atoms with Crippen molar-refractivity contribution in [3.8, 4) is 0 Å². The number of aliphatic hydroxyl groups is 2. The number of hydrogen-bond donors (Lipinski definition) is 2. The van der Waals surface area contributed by atoms with E-state index in [1.54, 1.807) is 0 Å². The van der Waals surface area contributed by atoms with E-state index in [0.717, 1.165) is 0 Å². The number of aliphatic hydroxyl groups excluding tert-OH is 2. The van der Waals surface area contributed by atoms with E-state index in [4.69, 9.17) is 4.74 Å². The summed E-state index contributed by atoms with van der Waals surface area (Å²) in [5, 5.41) is 18.6. The van der Waals surface area contributed by atoms with Gasteiger partial charge >= 0.3 is 0 Å². The Kier molecular flexibility index (Phi) is 2.81. The third kappa shape index (κ3) is 2.22. The molecule has 0 radical (unpaired) electrons. The fraction of sp³-hybridized carbons (Fsp3) is 1.00. The minimum atomic E-state index is -0.705. The van der Waals surface area contributed by atoms with Gasteiger partial charge in [0.05, 0.1) is 18.8 Å². The first kappa shape index (κ1) is 10.0. The molecule has 1 aliphatic heterocycles. The molecule has 0 aromatic carbocycles. The molecule has 0 spiro atoms. The highest BCUT2D eigenvalue weighted by atomic mass is 16.5. The Balaban J connectivity index is 2.51. The van der Waals surface area contributed by atoms with Crippen molar-refractivity contribution in [1.82, 2.24) is 0 Å². The third-order valence-electron chi connectivity index (χ3n) is 2.33. The van der Waals surface area contributed by atoms with Crippen molar-refractivity contribution in [3.05, 3.63) is 0 Å². The highest BCUT2D eigenvalue weighted by molar-refractivity contribution is 6.15. The van der Waals surface area contributed by atoms with Crippen LogP contribution in [0.25, 0.3) is 0 Å². The molecule has 4 heteroatoms. The van der Waals surface area contributed by atoms with Crippen LogP contribution in [-0.4, -0.2) is 43.0 Å². The van der Waals surface area contributed by atoms with Gasteiger partial charge < -0.3 is 14.9 Å². The molecule has 1 unspecified atom stereocenters. The summed E-state index contributed by atoms with van der Waals surface area (Å²) in [7, 11) is 2.07. The molecule has 1 aliphatic rings. The van der Waals surface area contributed by atoms with E-state index < -0.39 is 12.2 Å². The molecule has 3 nitrogen and oxygen atoms in total. The second-order valence-corrected chi connectivity index (χ2v) is 4.56. The first-order chi connectivity index (χ1) is 5.41. The van der Waals surface area contributed by atoms with Crippen LogP contribution in [0.15, 0.2) is 0 Å². The Labute approximate surface area is 74.1 Å². The average molecular weight is 172 g/mol. The second-order valence-electron chi connectivity index (χ2n) is 4.56. The first-order valence-electron chi connectivity index (χ1n) is 4.39. The van der Waals surface area contributed by atoms with Gasteiger partial charge in [-0.05, 0) is 5.31 Å². The molecular formula is C8H17BO3. The summed E-state index contributed by atoms with van der Waals surface area (Å²) >= 11 is 0. The van der Waals surface area contributed by atoms with Gasteiger partial charge in [0, 0.05) is 6.42 Å². The second kappa shape index (κ2) is 3.36. The maximum atomic E-state index is 9.38. The van der Waals surface area contributed by atoms with Crippen molar-refractivity contribution in [1.29, 1.82) is 0 Å². The molecule has 1 fully saturated rings.